The van der Waals surface area contributed by atoms with E-state index >= 15 is 0 Å². The smallest absolute Gasteiger partial charge is 0.166 e. The van der Waals surface area contributed by atoms with Crippen molar-refractivity contribution in [3.05, 3.63) is 46.5 Å². The molecule has 0 saturated carbocycles. The Kier molecular flexibility index (Phi) is 6.10. The summed E-state index contributed by atoms with van der Waals surface area (Å²) in [7, 11) is 1.46. The standard InChI is InChI=1S/C19H22ClNO3/c1-4-5-12(2)13-6-7-17(22)16(9-13)21-11-14-8-15(20)10-18(24-3)19(14)23/h6-12,22-23H,4-5H2,1-3H3/t12-/m0/s1. The minimum atomic E-state index is -0.0411. The zero-order valence-corrected chi connectivity index (χ0v) is 14.8. The van der Waals surface area contributed by atoms with Gasteiger partial charge in [-0.2, -0.15) is 0 Å². The van der Waals surface area contributed by atoms with Crippen molar-refractivity contribution < 1.29 is 14.9 Å². The molecular weight excluding hydrogens is 326 g/mol. The van der Waals surface area contributed by atoms with E-state index in [2.05, 4.69) is 18.8 Å². The maximum Gasteiger partial charge on any atom is 0.166 e. The molecule has 1 atom stereocenters. The van der Waals surface area contributed by atoms with Crippen molar-refractivity contribution in [2.45, 2.75) is 32.6 Å². The maximum absolute atomic E-state index is 10.1. The van der Waals surface area contributed by atoms with Gasteiger partial charge in [-0.15, -0.1) is 0 Å². The second kappa shape index (κ2) is 8.06. The number of hydrogen-bond acceptors (Lipinski definition) is 4. The molecule has 2 rings (SSSR count). The molecule has 0 unspecified atom stereocenters. The SMILES string of the molecule is CCC[C@H](C)c1ccc(O)c(N=Cc2cc(Cl)cc(OC)c2O)c1. The number of halogens is 1. The summed E-state index contributed by atoms with van der Waals surface area (Å²) in [5, 5.41) is 20.6. The van der Waals surface area contributed by atoms with Crippen LogP contribution in [0.25, 0.3) is 0 Å². The van der Waals surface area contributed by atoms with Crippen molar-refractivity contribution in [3.8, 4) is 17.2 Å². The van der Waals surface area contributed by atoms with E-state index in [9.17, 15) is 10.2 Å². The van der Waals surface area contributed by atoms with Gasteiger partial charge >= 0.3 is 0 Å². The lowest BCUT2D eigenvalue weighted by Gasteiger charge is -2.12. The molecule has 0 aromatic heterocycles. The fraction of sp³-hybridized carbons (Fsp3) is 0.316. The van der Waals surface area contributed by atoms with Crippen LogP contribution in [0.3, 0.4) is 0 Å². The fourth-order valence-corrected chi connectivity index (χ4v) is 2.75. The molecule has 0 radical (unpaired) electrons. The number of ether oxygens (including phenoxy) is 1. The molecule has 2 aromatic rings. The Bertz CT molecular complexity index is 744. The van der Waals surface area contributed by atoms with Crippen molar-refractivity contribution in [1.82, 2.24) is 0 Å². The summed E-state index contributed by atoms with van der Waals surface area (Å²) in [6.45, 7) is 4.29. The van der Waals surface area contributed by atoms with Crippen LogP contribution >= 0.6 is 11.6 Å². The Balaban J connectivity index is 2.35. The molecule has 0 aliphatic rings. The van der Waals surface area contributed by atoms with Crippen LogP contribution in [0.4, 0.5) is 5.69 Å². The maximum atomic E-state index is 10.1. The number of benzene rings is 2. The molecule has 2 N–H and O–H groups in total. The molecule has 0 fully saturated rings. The first-order valence-electron chi connectivity index (χ1n) is 7.89. The van der Waals surface area contributed by atoms with Crippen LogP contribution in [-0.4, -0.2) is 23.5 Å². The van der Waals surface area contributed by atoms with E-state index in [0.29, 0.717) is 22.2 Å². The number of rotatable bonds is 6. The van der Waals surface area contributed by atoms with E-state index in [1.54, 1.807) is 12.1 Å². The first kappa shape index (κ1) is 18.1. The van der Waals surface area contributed by atoms with E-state index in [0.717, 1.165) is 18.4 Å². The van der Waals surface area contributed by atoms with E-state index in [4.69, 9.17) is 16.3 Å². The van der Waals surface area contributed by atoms with Crippen molar-refractivity contribution in [3.63, 3.8) is 0 Å². The van der Waals surface area contributed by atoms with Gasteiger partial charge in [0.15, 0.2) is 11.5 Å². The third kappa shape index (κ3) is 4.20. The molecule has 0 bridgehead atoms. The molecule has 0 aliphatic heterocycles. The second-order valence-corrected chi connectivity index (χ2v) is 6.18. The number of phenols is 2. The normalized spacial score (nSPS) is 12.5. The topological polar surface area (TPSA) is 62.1 Å². The minimum Gasteiger partial charge on any atom is -0.506 e. The molecule has 0 heterocycles. The van der Waals surface area contributed by atoms with Gasteiger partial charge < -0.3 is 14.9 Å². The van der Waals surface area contributed by atoms with Crippen LogP contribution in [0.1, 0.15) is 43.7 Å². The van der Waals surface area contributed by atoms with Gasteiger partial charge in [-0.05, 0) is 36.1 Å². The second-order valence-electron chi connectivity index (χ2n) is 5.74. The van der Waals surface area contributed by atoms with Crippen molar-refractivity contribution in [2.24, 2.45) is 4.99 Å². The van der Waals surface area contributed by atoms with Gasteiger partial charge in [0.2, 0.25) is 0 Å². The van der Waals surface area contributed by atoms with Gasteiger partial charge in [0.25, 0.3) is 0 Å². The van der Waals surface area contributed by atoms with Crippen LogP contribution in [-0.2, 0) is 0 Å². The van der Waals surface area contributed by atoms with Crippen LogP contribution in [0.2, 0.25) is 5.02 Å². The van der Waals surface area contributed by atoms with Gasteiger partial charge in [0.1, 0.15) is 11.4 Å². The molecule has 4 nitrogen and oxygen atoms in total. The van der Waals surface area contributed by atoms with Gasteiger partial charge in [0.05, 0.1) is 7.11 Å². The Morgan fingerprint density at radius 3 is 2.67 bits per heavy atom. The first-order chi connectivity index (χ1) is 11.5. The predicted molar refractivity (Wildman–Crippen MR) is 98.4 cm³/mol. The highest BCUT2D eigenvalue weighted by molar-refractivity contribution is 6.31. The van der Waals surface area contributed by atoms with E-state index in [1.165, 1.54) is 19.4 Å². The van der Waals surface area contributed by atoms with Gasteiger partial charge in [0, 0.05) is 22.9 Å². The fourth-order valence-electron chi connectivity index (χ4n) is 2.54. The lowest BCUT2D eigenvalue weighted by atomic mass is 9.96. The number of aromatic hydroxyl groups is 2. The number of nitrogens with zero attached hydrogens (tertiary/aromatic N) is 1. The Hall–Kier alpha value is -2.20. The largest absolute Gasteiger partial charge is 0.506 e. The summed E-state index contributed by atoms with van der Waals surface area (Å²) in [5.74, 6) is 0.718. The van der Waals surface area contributed by atoms with Crippen LogP contribution in [0.5, 0.6) is 17.2 Å². The van der Waals surface area contributed by atoms with Crippen LogP contribution < -0.4 is 4.74 Å². The average Bonchev–Trinajstić information content (AvgIpc) is 2.56. The predicted octanol–water partition coefficient (Wildman–Crippen LogP) is 5.41. The summed E-state index contributed by atoms with van der Waals surface area (Å²) < 4.78 is 5.07. The van der Waals surface area contributed by atoms with E-state index < -0.39 is 0 Å². The number of aliphatic imine (C=N–C) groups is 1. The number of hydrogen-bond donors (Lipinski definition) is 2. The van der Waals surface area contributed by atoms with Gasteiger partial charge in [-0.1, -0.05) is 37.9 Å². The summed E-state index contributed by atoms with van der Waals surface area (Å²) in [6, 6.07) is 8.54. The van der Waals surface area contributed by atoms with E-state index in [1.807, 2.05) is 12.1 Å². The zero-order chi connectivity index (χ0) is 17.7. The molecule has 0 amide bonds. The molecule has 0 aliphatic carbocycles. The minimum absolute atomic E-state index is 0.0411. The summed E-state index contributed by atoms with van der Waals surface area (Å²) >= 11 is 6.01. The van der Waals surface area contributed by atoms with Crippen molar-refractivity contribution in [1.29, 1.82) is 0 Å². The third-order valence-corrected chi connectivity index (χ3v) is 4.14. The molecule has 24 heavy (non-hydrogen) atoms. The van der Waals surface area contributed by atoms with Gasteiger partial charge in [-0.3, -0.25) is 4.99 Å². The van der Waals surface area contributed by atoms with Crippen LogP contribution in [0, 0.1) is 0 Å². The zero-order valence-electron chi connectivity index (χ0n) is 14.1. The Morgan fingerprint density at radius 1 is 1.25 bits per heavy atom. The van der Waals surface area contributed by atoms with Crippen molar-refractivity contribution >= 4 is 23.5 Å². The molecule has 0 saturated heterocycles. The molecule has 2 aromatic carbocycles. The molecule has 0 spiro atoms. The number of phenolic OH excluding ortho intramolecular Hbond substituents is 2. The van der Waals surface area contributed by atoms with Gasteiger partial charge in [-0.25, -0.2) is 0 Å². The summed E-state index contributed by atoms with van der Waals surface area (Å²) in [4.78, 5) is 4.31. The van der Waals surface area contributed by atoms with E-state index in [-0.39, 0.29) is 17.2 Å². The average molecular weight is 348 g/mol. The highest BCUT2D eigenvalue weighted by atomic mass is 35.5. The molecule has 128 valence electrons. The Morgan fingerprint density at radius 2 is 2.00 bits per heavy atom. The molecule has 5 heteroatoms. The van der Waals surface area contributed by atoms with Crippen molar-refractivity contribution in [2.75, 3.05) is 7.11 Å². The Labute approximate surface area is 147 Å². The summed E-state index contributed by atoms with van der Waals surface area (Å²) in [6.07, 6.45) is 3.63. The third-order valence-electron chi connectivity index (χ3n) is 3.92. The highest BCUT2D eigenvalue weighted by Crippen LogP contribution is 2.34. The molecular formula is C19H22ClNO3. The number of methoxy groups -OCH3 is 1. The first-order valence-corrected chi connectivity index (χ1v) is 8.27. The quantitative estimate of drug-likeness (QED) is 0.686. The monoisotopic (exact) mass is 347 g/mol. The van der Waals surface area contributed by atoms with Crippen LogP contribution in [0.15, 0.2) is 35.3 Å². The highest BCUT2D eigenvalue weighted by Gasteiger charge is 2.10. The lowest BCUT2D eigenvalue weighted by molar-refractivity contribution is 0.373. The summed E-state index contributed by atoms with van der Waals surface area (Å²) in [5.41, 5.74) is 1.99. The lowest BCUT2D eigenvalue weighted by Crippen LogP contribution is -1.92.